The molecular formula is C15H24OS. The quantitative estimate of drug-likeness (QED) is 0.628. The molecule has 1 aliphatic heterocycles. The fourth-order valence-corrected chi connectivity index (χ4v) is 1.67. The molecule has 0 saturated carbocycles. The maximum absolute atomic E-state index is 5.22. The highest BCUT2D eigenvalue weighted by Gasteiger charge is 2.23. The van der Waals surface area contributed by atoms with Gasteiger partial charge in [0, 0.05) is 11.2 Å². The molecule has 1 unspecified atom stereocenters. The fourth-order valence-electron chi connectivity index (χ4n) is 1.53. The minimum absolute atomic E-state index is 0.0551. The van der Waals surface area contributed by atoms with E-state index in [1.165, 1.54) is 17.5 Å². The van der Waals surface area contributed by atoms with Crippen molar-refractivity contribution >= 4 is 12.6 Å². The summed E-state index contributed by atoms with van der Waals surface area (Å²) in [5.74, 6) is 0. The van der Waals surface area contributed by atoms with Crippen LogP contribution in [0.5, 0.6) is 0 Å². The van der Waals surface area contributed by atoms with Gasteiger partial charge in [-0.05, 0) is 25.0 Å². The van der Waals surface area contributed by atoms with Crippen molar-refractivity contribution in [1.29, 1.82) is 0 Å². The van der Waals surface area contributed by atoms with Gasteiger partial charge in [-0.2, -0.15) is 12.6 Å². The molecule has 1 aromatic rings. The van der Waals surface area contributed by atoms with Crippen LogP contribution in [0.4, 0.5) is 0 Å². The van der Waals surface area contributed by atoms with E-state index in [1.807, 2.05) is 0 Å². The summed E-state index contributed by atoms with van der Waals surface area (Å²) in [7, 11) is 0. The van der Waals surface area contributed by atoms with E-state index >= 15 is 0 Å². The molecule has 0 amide bonds. The first-order chi connectivity index (χ1) is 7.97. The Balaban J connectivity index is 0.000000437. The van der Waals surface area contributed by atoms with Crippen LogP contribution in [0.3, 0.4) is 0 Å². The van der Waals surface area contributed by atoms with Gasteiger partial charge in [0.25, 0.3) is 0 Å². The standard InChI is InChI=1S/C12H16OS.C3H8/c1-12(2,14)10-5-3-4-9(6-10)7-11-8-13-11;1-3-2/h3-6,11,14H,7-8H2,1-2H3;3H2,1-2H3. The van der Waals surface area contributed by atoms with Gasteiger partial charge in [0.1, 0.15) is 0 Å². The summed E-state index contributed by atoms with van der Waals surface area (Å²) in [5, 5.41) is 0. The summed E-state index contributed by atoms with van der Waals surface area (Å²) in [6, 6.07) is 8.62. The van der Waals surface area contributed by atoms with Gasteiger partial charge in [0.2, 0.25) is 0 Å². The Morgan fingerprint density at radius 1 is 1.35 bits per heavy atom. The third kappa shape index (κ3) is 5.60. The molecule has 0 aliphatic carbocycles. The van der Waals surface area contributed by atoms with E-state index in [0.717, 1.165) is 13.0 Å². The molecule has 1 aliphatic rings. The van der Waals surface area contributed by atoms with Crippen LogP contribution in [0.15, 0.2) is 24.3 Å². The van der Waals surface area contributed by atoms with Gasteiger partial charge in [-0.25, -0.2) is 0 Å². The van der Waals surface area contributed by atoms with Gasteiger partial charge in [-0.1, -0.05) is 44.5 Å². The molecule has 2 rings (SSSR count). The lowest BCUT2D eigenvalue weighted by Crippen LogP contribution is -2.08. The summed E-state index contributed by atoms with van der Waals surface area (Å²) in [6.45, 7) is 9.40. The number of benzene rings is 1. The van der Waals surface area contributed by atoms with Crippen LogP contribution >= 0.6 is 12.6 Å². The Bertz CT molecular complexity index is 337. The SMILES string of the molecule is CC(C)(S)c1cccc(CC2CO2)c1.CCC. The molecule has 0 N–H and O–H groups in total. The van der Waals surface area contributed by atoms with Crippen molar-refractivity contribution in [2.24, 2.45) is 0 Å². The molecule has 0 bridgehead atoms. The Morgan fingerprint density at radius 3 is 2.41 bits per heavy atom. The molecule has 1 saturated heterocycles. The third-order valence-corrected chi connectivity index (χ3v) is 2.76. The smallest absolute Gasteiger partial charge is 0.0850 e. The lowest BCUT2D eigenvalue weighted by molar-refractivity contribution is 0.407. The van der Waals surface area contributed by atoms with E-state index in [0.29, 0.717) is 6.10 Å². The summed E-state index contributed by atoms with van der Waals surface area (Å²) in [4.78, 5) is 0. The van der Waals surface area contributed by atoms with Crippen LogP contribution in [0.1, 0.15) is 45.2 Å². The van der Waals surface area contributed by atoms with Crippen molar-refractivity contribution < 1.29 is 4.74 Å². The van der Waals surface area contributed by atoms with E-state index in [1.54, 1.807) is 0 Å². The van der Waals surface area contributed by atoms with Gasteiger partial charge in [-0.15, -0.1) is 0 Å². The molecular weight excluding hydrogens is 228 g/mol. The molecule has 96 valence electrons. The average Bonchev–Trinajstić information content (AvgIpc) is 3.02. The minimum atomic E-state index is -0.0551. The van der Waals surface area contributed by atoms with Crippen LogP contribution in [-0.4, -0.2) is 12.7 Å². The van der Waals surface area contributed by atoms with E-state index < -0.39 is 0 Å². The first-order valence-corrected chi connectivity index (χ1v) is 6.85. The average molecular weight is 252 g/mol. The summed E-state index contributed by atoms with van der Waals surface area (Å²) in [5.41, 5.74) is 2.63. The molecule has 2 heteroatoms. The molecule has 1 atom stereocenters. The number of hydrogen-bond donors (Lipinski definition) is 1. The van der Waals surface area contributed by atoms with Crippen molar-refractivity contribution in [2.45, 2.75) is 51.4 Å². The summed E-state index contributed by atoms with van der Waals surface area (Å²) < 4.78 is 5.16. The summed E-state index contributed by atoms with van der Waals surface area (Å²) in [6.07, 6.45) is 2.76. The van der Waals surface area contributed by atoms with Crippen LogP contribution in [-0.2, 0) is 15.9 Å². The first-order valence-electron chi connectivity index (χ1n) is 6.40. The van der Waals surface area contributed by atoms with E-state index in [2.05, 4.69) is 64.6 Å². The topological polar surface area (TPSA) is 12.5 Å². The molecule has 17 heavy (non-hydrogen) atoms. The van der Waals surface area contributed by atoms with Crippen molar-refractivity contribution in [1.82, 2.24) is 0 Å². The highest BCUT2D eigenvalue weighted by atomic mass is 32.1. The predicted molar refractivity (Wildman–Crippen MR) is 77.9 cm³/mol. The number of thiol groups is 1. The molecule has 0 spiro atoms. The number of hydrogen-bond acceptors (Lipinski definition) is 2. The predicted octanol–water partition coefficient (Wildman–Crippen LogP) is 4.21. The fraction of sp³-hybridized carbons (Fsp3) is 0.600. The number of epoxide rings is 1. The van der Waals surface area contributed by atoms with Crippen molar-refractivity contribution in [3.63, 3.8) is 0 Å². The number of rotatable bonds is 3. The van der Waals surface area contributed by atoms with Gasteiger partial charge in [-0.3, -0.25) is 0 Å². The molecule has 1 nitrogen and oxygen atoms in total. The number of ether oxygens (including phenoxy) is 1. The van der Waals surface area contributed by atoms with Gasteiger partial charge in [0.15, 0.2) is 0 Å². The Hall–Kier alpha value is -0.470. The second-order valence-electron chi connectivity index (χ2n) is 5.13. The summed E-state index contributed by atoms with van der Waals surface area (Å²) >= 11 is 4.57. The molecule has 1 aromatic carbocycles. The van der Waals surface area contributed by atoms with E-state index in [-0.39, 0.29) is 4.75 Å². The van der Waals surface area contributed by atoms with Crippen molar-refractivity contribution in [3.8, 4) is 0 Å². The third-order valence-electron chi connectivity index (χ3n) is 2.50. The molecule has 1 heterocycles. The minimum Gasteiger partial charge on any atom is -0.373 e. The Labute approximate surface area is 111 Å². The van der Waals surface area contributed by atoms with Crippen LogP contribution in [0.2, 0.25) is 0 Å². The second kappa shape index (κ2) is 6.46. The monoisotopic (exact) mass is 252 g/mol. The van der Waals surface area contributed by atoms with E-state index in [9.17, 15) is 0 Å². The highest BCUT2D eigenvalue weighted by Crippen LogP contribution is 2.28. The lowest BCUT2D eigenvalue weighted by Gasteiger charge is -2.18. The normalized spacial score (nSPS) is 18.3. The zero-order valence-electron chi connectivity index (χ0n) is 11.4. The van der Waals surface area contributed by atoms with Crippen LogP contribution in [0, 0.1) is 0 Å². The van der Waals surface area contributed by atoms with Gasteiger partial charge < -0.3 is 4.74 Å². The van der Waals surface area contributed by atoms with E-state index in [4.69, 9.17) is 4.74 Å². The second-order valence-corrected chi connectivity index (χ2v) is 6.24. The van der Waals surface area contributed by atoms with Crippen LogP contribution < -0.4 is 0 Å². The zero-order chi connectivity index (χ0) is 12.9. The lowest BCUT2D eigenvalue weighted by atomic mass is 9.98. The first kappa shape index (κ1) is 14.6. The van der Waals surface area contributed by atoms with Gasteiger partial charge >= 0.3 is 0 Å². The van der Waals surface area contributed by atoms with Crippen molar-refractivity contribution in [2.75, 3.05) is 6.61 Å². The Morgan fingerprint density at radius 2 is 1.94 bits per heavy atom. The molecule has 0 radical (unpaired) electrons. The van der Waals surface area contributed by atoms with Crippen molar-refractivity contribution in [3.05, 3.63) is 35.4 Å². The Kier molecular flexibility index (Phi) is 5.54. The highest BCUT2D eigenvalue weighted by molar-refractivity contribution is 7.81. The maximum atomic E-state index is 5.22. The van der Waals surface area contributed by atoms with Crippen LogP contribution in [0.25, 0.3) is 0 Å². The molecule has 1 fully saturated rings. The zero-order valence-corrected chi connectivity index (χ0v) is 12.3. The maximum Gasteiger partial charge on any atom is 0.0850 e. The molecule has 0 aromatic heterocycles. The largest absolute Gasteiger partial charge is 0.373 e. The van der Waals surface area contributed by atoms with Gasteiger partial charge in [0.05, 0.1) is 12.7 Å².